The Labute approximate surface area is 147 Å². The number of benzene rings is 1. The third-order valence-electron chi connectivity index (χ3n) is 3.72. The van der Waals surface area contributed by atoms with E-state index in [4.69, 9.17) is 4.74 Å². The second-order valence-electron chi connectivity index (χ2n) is 5.98. The summed E-state index contributed by atoms with van der Waals surface area (Å²) in [6.07, 6.45) is 0.921. The lowest BCUT2D eigenvalue weighted by Crippen LogP contribution is -2.44. The van der Waals surface area contributed by atoms with Crippen LogP contribution >= 0.6 is 0 Å². The van der Waals surface area contributed by atoms with Crippen molar-refractivity contribution >= 4 is 27.3 Å². The first-order chi connectivity index (χ1) is 11.5. The van der Waals surface area contributed by atoms with Gasteiger partial charge < -0.3 is 10.1 Å². The van der Waals surface area contributed by atoms with Gasteiger partial charge in [0.2, 0.25) is 15.9 Å². The van der Waals surface area contributed by atoms with Crippen LogP contribution in [-0.2, 0) is 14.8 Å². The Bertz CT molecular complexity index is 748. The van der Waals surface area contributed by atoms with Crippen LogP contribution in [0.5, 0.6) is 5.75 Å². The number of hydrogen-bond donors (Lipinski definition) is 1. The molecule has 1 rings (SSSR count). The molecule has 1 aromatic carbocycles. The van der Waals surface area contributed by atoms with Crippen molar-refractivity contribution in [1.82, 2.24) is 5.32 Å². The van der Waals surface area contributed by atoms with Gasteiger partial charge in [-0.3, -0.25) is 19.2 Å². The van der Waals surface area contributed by atoms with Crippen LogP contribution < -0.4 is 14.4 Å². The van der Waals surface area contributed by atoms with Gasteiger partial charge in [-0.2, -0.15) is 0 Å². The van der Waals surface area contributed by atoms with Crippen molar-refractivity contribution < 1.29 is 22.9 Å². The van der Waals surface area contributed by atoms with Gasteiger partial charge in [0.25, 0.3) is 5.69 Å². The molecule has 0 heterocycles. The molecular weight excluding hydrogens is 350 g/mol. The summed E-state index contributed by atoms with van der Waals surface area (Å²) >= 11 is 0. The van der Waals surface area contributed by atoms with E-state index in [0.717, 1.165) is 16.6 Å². The van der Waals surface area contributed by atoms with Crippen LogP contribution in [-0.4, -0.2) is 45.2 Å². The van der Waals surface area contributed by atoms with E-state index >= 15 is 0 Å². The zero-order chi connectivity index (χ0) is 19.4. The van der Waals surface area contributed by atoms with E-state index in [-0.39, 0.29) is 29.1 Å². The van der Waals surface area contributed by atoms with Crippen molar-refractivity contribution in [2.75, 3.05) is 24.2 Å². The highest BCUT2D eigenvalue weighted by Crippen LogP contribution is 2.33. The largest absolute Gasteiger partial charge is 0.495 e. The van der Waals surface area contributed by atoms with Crippen LogP contribution in [0, 0.1) is 16.0 Å². The van der Waals surface area contributed by atoms with E-state index in [9.17, 15) is 23.3 Å². The number of nitro benzene ring substituents is 1. The van der Waals surface area contributed by atoms with Crippen molar-refractivity contribution in [3.8, 4) is 5.75 Å². The predicted octanol–water partition coefficient (Wildman–Crippen LogP) is 1.53. The summed E-state index contributed by atoms with van der Waals surface area (Å²) in [5, 5.41) is 13.7. The third kappa shape index (κ3) is 5.59. The molecule has 1 aromatic rings. The van der Waals surface area contributed by atoms with Gasteiger partial charge in [0.1, 0.15) is 18.0 Å². The average Bonchev–Trinajstić information content (AvgIpc) is 2.50. The lowest BCUT2D eigenvalue weighted by atomic mass is 10.1. The highest BCUT2D eigenvalue weighted by Gasteiger charge is 2.26. The van der Waals surface area contributed by atoms with Crippen LogP contribution in [0.25, 0.3) is 0 Å². The number of rotatable bonds is 8. The van der Waals surface area contributed by atoms with Gasteiger partial charge in [-0.25, -0.2) is 8.42 Å². The minimum Gasteiger partial charge on any atom is -0.495 e. The maximum atomic E-state index is 12.2. The number of amides is 1. The Kier molecular flexibility index (Phi) is 6.74. The number of nitrogens with zero attached hydrogens (tertiary/aromatic N) is 2. The first kappa shape index (κ1) is 20.7. The fraction of sp³-hybridized carbons (Fsp3) is 0.533. The van der Waals surface area contributed by atoms with E-state index in [1.807, 2.05) is 13.8 Å². The summed E-state index contributed by atoms with van der Waals surface area (Å²) < 4.78 is 30.2. The Morgan fingerprint density at radius 3 is 2.40 bits per heavy atom. The molecule has 1 N–H and O–H groups in total. The van der Waals surface area contributed by atoms with Gasteiger partial charge in [0, 0.05) is 18.2 Å². The molecule has 1 atom stereocenters. The molecule has 0 saturated carbocycles. The topological polar surface area (TPSA) is 119 Å². The maximum Gasteiger partial charge on any atom is 0.271 e. The molecule has 25 heavy (non-hydrogen) atoms. The fourth-order valence-electron chi connectivity index (χ4n) is 1.96. The summed E-state index contributed by atoms with van der Waals surface area (Å²) in [5.41, 5.74) is -0.369. The van der Waals surface area contributed by atoms with Gasteiger partial charge >= 0.3 is 0 Å². The number of nitrogens with one attached hydrogen (secondary N) is 1. The Morgan fingerprint density at radius 1 is 1.36 bits per heavy atom. The first-order valence-electron chi connectivity index (χ1n) is 7.56. The average molecular weight is 373 g/mol. The van der Waals surface area contributed by atoms with E-state index < -0.39 is 27.4 Å². The summed E-state index contributed by atoms with van der Waals surface area (Å²) in [5.74, 6) is -0.233. The molecule has 0 aromatic heterocycles. The lowest BCUT2D eigenvalue weighted by Gasteiger charge is -2.25. The van der Waals surface area contributed by atoms with Crippen LogP contribution in [0.15, 0.2) is 18.2 Å². The smallest absolute Gasteiger partial charge is 0.271 e. The summed E-state index contributed by atoms with van der Waals surface area (Å²) in [6.45, 7) is 5.14. The first-order valence-corrected chi connectivity index (χ1v) is 9.41. The van der Waals surface area contributed by atoms with Crippen molar-refractivity contribution in [3.05, 3.63) is 28.3 Å². The van der Waals surface area contributed by atoms with Crippen molar-refractivity contribution in [1.29, 1.82) is 0 Å². The molecular formula is C15H23N3O6S. The minimum atomic E-state index is -3.87. The second kappa shape index (κ2) is 8.15. The molecule has 140 valence electrons. The number of carbonyl (C=O) groups excluding carboxylic acids is 1. The molecule has 9 nitrogen and oxygen atoms in total. The SMILES string of the molecule is COc1ccc([N+](=O)[O-])cc1N(CC(=O)N[C@H](C)C(C)C)S(C)(=O)=O. The molecule has 10 heteroatoms. The van der Waals surface area contributed by atoms with Gasteiger partial charge in [-0.1, -0.05) is 13.8 Å². The third-order valence-corrected chi connectivity index (χ3v) is 4.84. The number of ether oxygens (including phenoxy) is 1. The van der Waals surface area contributed by atoms with E-state index in [1.54, 1.807) is 6.92 Å². The van der Waals surface area contributed by atoms with Crippen LogP contribution in [0.4, 0.5) is 11.4 Å². The van der Waals surface area contributed by atoms with Gasteiger partial charge in [-0.15, -0.1) is 0 Å². The standard InChI is InChI=1S/C15H23N3O6S/c1-10(2)11(3)16-15(19)9-17(25(5,22)23)13-8-12(18(20)21)6-7-14(13)24-4/h6-8,10-11H,9H2,1-5H3,(H,16,19)/t11-/m1/s1. The zero-order valence-electron chi connectivity index (χ0n) is 14.8. The molecule has 0 unspecified atom stereocenters. The lowest BCUT2D eigenvalue weighted by molar-refractivity contribution is -0.384. The van der Waals surface area contributed by atoms with E-state index in [1.165, 1.54) is 19.2 Å². The minimum absolute atomic E-state index is 0.0634. The predicted molar refractivity (Wildman–Crippen MR) is 94.3 cm³/mol. The van der Waals surface area contributed by atoms with E-state index in [2.05, 4.69) is 5.32 Å². The van der Waals surface area contributed by atoms with E-state index in [0.29, 0.717) is 0 Å². The molecule has 0 spiro atoms. The van der Waals surface area contributed by atoms with Crippen LogP contribution in [0.1, 0.15) is 20.8 Å². The van der Waals surface area contributed by atoms with Crippen molar-refractivity contribution in [2.45, 2.75) is 26.8 Å². The number of methoxy groups -OCH3 is 1. The summed E-state index contributed by atoms with van der Waals surface area (Å²) in [7, 11) is -2.56. The monoisotopic (exact) mass is 373 g/mol. The van der Waals surface area contributed by atoms with Crippen LogP contribution in [0.3, 0.4) is 0 Å². The molecule has 0 radical (unpaired) electrons. The normalized spacial score (nSPS) is 12.6. The number of sulfonamides is 1. The molecule has 0 bridgehead atoms. The molecule has 0 aliphatic carbocycles. The molecule has 0 saturated heterocycles. The number of carbonyl (C=O) groups is 1. The number of hydrogen-bond acceptors (Lipinski definition) is 6. The fourth-order valence-corrected chi connectivity index (χ4v) is 2.82. The Hall–Kier alpha value is -2.36. The second-order valence-corrected chi connectivity index (χ2v) is 7.89. The van der Waals surface area contributed by atoms with Gasteiger partial charge in [0.15, 0.2) is 0 Å². The quantitative estimate of drug-likeness (QED) is 0.545. The summed E-state index contributed by atoms with van der Waals surface area (Å²) in [6, 6.07) is 3.41. The maximum absolute atomic E-state index is 12.2. The van der Waals surface area contributed by atoms with Crippen molar-refractivity contribution in [2.24, 2.45) is 5.92 Å². The number of non-ortho nitro benzene ring substituents is 1. The van der Waals surface area contributed by atoms with Gasteiger partial charge in [-0.05, 0) is 18.9 Å². The highest BCUT2D eigenvalue weighted by molar-refractivity contribution is 7.92. The number of anilines is 1. The molecule has 0 fully saturated rings. The Balaban J connectivity index is 3.26. The van der Waals surface area contributed by atoms with Crippen LogP contribution in [0.2, 0.25) is 0 Å². The highest BCUT2D eigenvalue weighted by atomic mass is 32.2. The molecule has 0 aliphatic heterocycles. The van der Waals surface area contributed by atoms with Crippen molar-refractivity contribution in [3.63, 3.8) is 0 Å². The zero-order valence-corrected chi connectivity index (χ0v) is 15.7. The number of nitro groups is 1. The Morgan fingerprint density at radius 2 is 1.96 bits per heavy atom. The molecule has 0 aliphatic rings. The molecule has 1 amide bonds. The summed E-state index contributed by atoms with van der Waals surface area (Å²) in [4.78, 5) is 22.6. The van der Waals surface area contributed by atoms with Gasteiger partial charge in [0.05, 0.1) is 18.3 Å².